The molecule has 26 heavy (non-hydrogen) atoms. The van der Waals surface area contributed by atoms with Crippen LogP contribution in [0.1, 0.15) is 17.7 Å². The van der Waals surface area contributed by atoms with Gasteiger partial charge < -0.3 is 19.5 Å². The van der Waals surface area contributed by atoms with Crippen LogP contribution in [0.4, 0.5) is 14.5 Å². The fourth-order valence-corrected chi connectivity index (χ4v) is 3.06. The highest BCUT2D eigenvalue weighted by atomic mass is 32.1. The van der Waals surface area contributed by atoms with Gasteiger partial charge in [0.25, 0.3) is 5.91 Å². The minimum atomic E-state index is -3.72. The van der Waals surface area contributed by atoms with Crippen molar-refractivity contribution in [2.24, 2.45) is 0 Å². The molecule has 0 saturated carbocycles. The number of fused-ring (bicyclic) bond motifs is 1. The van der Waals surface area contributed by atoms with Gasteiger partial charge in [0.1, 0.15) is 0 Å². The van der Waals surface area contributed by atoms with E-state index in [1.165, 1.54) is 23.1 Å². The van der Waals surface area contributed by atoms with Crippen molar-refractivity contribution < 1.29 is 32.6 Å². The van der Waals surface area contributed by atoms with Gasteiger partial charge in [0.2, 0.25) is 0 Å². The van der Waals surface area contributed by atoms with Crippen LogP contribution in [-0.4, -0.2) is 24.8 Å². The van der Waals surface area contributed by atoms with Gasteiger partial charge in [-0.05, 0) is 36.4 Å². The van der Waals surface area contributed by atoms with Gasteiger partial charge >= 0.3 is 12.3 Å². The average Bonchev–Trinajstić information content (AvgIpc) is 3.18. The predicted octanol–water partition coefficient (Wildman–Crippen LogP) is 3.57. The monoisotopic (exact) mass is 383 g/mol. The first-order valence-electron chi connectivity index (χ1n) is 7.79. The van der Waals surface area contributed by atoms with E-state index >= 15 is 0 Å². The molecule has 9 heteroatoms. The number of amides is 1. The first-order valence-corrected chi connectivity index (χ1v) is 8.67. The molecule has 6 nitrogen and oxygen atoms in total. The summed E-state index contributed by atoms with van der Waals surface area (Å²) >= 11 is 1.62. The number of alkyl halides is 2. The zero-order valence-corrected chi connectivity index (χ0v) is 14.3. The molecule has 1 aromatic heterocycles. The molecule has 0 radical (unpaired) electrons. The number of ether oxygens (including phenoxy) is 3. The second-order valence-corrected chi connectivity index (χ2v) is 6.50. The Labute approximate surface area is 151 Å². The van der Waals surface area contributed by atoms with Crippen LogP contribution in [0.3, 0.4) is 0 Å². The van der Waals surface area contributed by atoms with Gasteiger partial charge in [0.05, 0.1) is 0 Å². The van der Waals surface area contributed by atoms with Crippen molar-refractivity contribution in [3.8, 4) is 11.5 Å². The van der Waals surface area contributed by atoms with E-state index in [1.807, 2.05) is 17.5 Å². The Morgan fingerprint density at radius 3 is 2.77 bits per heavy atom. The normalized spacial score (nSPS) is 14.1. The van der Waals surface area contributed by atoms with Gasteiger partial charge in [-0.15, -0.1) is 20.1 Å². The Morgan fingerprint density at radius 2 is 2.00 bits per heavy atom. The highest BCUT2D eigenvalue weighted by Crippen LogP contribution is 2.42. The fraction of sp³-hybridized carbons (Fsp3) is 0.294. The van der Waals surface area contributed by atoms with Crippen LogP contribution in [-0.2, 0) is 20.7 Å². The molecular weight excluding hydrogens is 368 g/mol. The van der Waals surface area contributed by atoms with E-state index in [4.69, 9.17) is 4.74 Å². The standard InChI is InChI=1S/C17H15F2NO5S/c18-17(19)24-13-7-6-11(9-14(13)25-17)20-15(21)10-23-16(22)5-1-3-12-4-2-8-26-12/h2,4,6-9H,1,3,5,10H2,(H,20,21). The third kappa shape index (κ3) is 4.92. The zero-order valence-electron chi connectivity index (χ0n) is 13.5. The van der Waals surface area contributed by atoms with Gasteiger partial charge in [-0.1, -0.05) is 6.07 Å². The van der Waals surface area contributed by atoms with E-state index in [0.717, 1.165) is 6.42 Å². The molecule has 2 aromatic rings. The van der Waals surface area contributed by atoms with Crippen LogP contribution in [0, 0.1) is 0 Å². The fourth-order valence-electron chi connectivity index (χ4n) is 2.30. The summed E-state index contributed by atoms with van der Waals surface area (Å²) in [6.45, 7) is -0.456. The highest BCUT2D eigenvalue weighted by Gasteiger charge is 2.43. The van der Waals surface area contributed by atoms with Crippen LogP contribution in [0.15, 0.2) is 35.7 Å². The molecule has 0 atom stereocenters. The lowest BCUT2D eigenvalue weighted by molar-refractivity contribution is -0.286. The highest BCUT2D eigenvalue weighted by molar-refractivity contribution is 7.09. The maximum Gasteiger partial charge on any atom is 0.586 e. The van der Waals surface area contributed by atoms with Crippen LogP contribution >= 0.6 is 11.3 Å². The van der Waals surface area contributed by atoms with E-state index in [2.05, 4.69) is 14.8 Å². The quantitative estimate of drug-likeness (QED) is 0.740. The Hall–Kier alpha value is -2.68. The zero-order chi connectivity index (χ0) is 18.6. The summed E-state index contributed by atoms with van der Waals surface area (Å²) in [5, 5.41) is 4.41. The lowest BCUT2D eigenvalue weighted by Crippen LogP contribution is -2.25. The van der Waals surface area contributed by atoms with E-state index in [-0.39, 0.29) is 23.6 Å². The van der Waals surface area contributed by atoms with Crippen LogP contribution < -0.4 is 14.8 Å². The van der Waals surface area contributed by atoms with Crippen molar-refractivity contribution in [1.82, 2.24) is 0 Å². The SMILES string of the molecule is O=C(COC(=O)CCCc1cccs1)Nc1ccc2c(c1)OC(F)(F)O2. The maximum absolute atomic E-state index is 12.9. The Balaban J connectivity index is 1.40. The van der Waals surface area contributed by atoms with Crippen LogP contribution in [0.25, 0.3) is 0 Å². The van der Waals surface area contributed by atoms with Gasteiger partial charge in [0, 0.05) is 23.1 Å². The second-order valence-electron chi connectivity index (χ2n) is 5.47. The van der Waals surface area contributed by atoms with Crippen molar-refractivity contribution in [2.75, 3.05) is 11.9 Å². The molecule has 0 saturated heterocycles. The average molecular weight is 383 g/mol. The topological polar surface area (TPSA) is 73.9 Å². The van der Waals surface area contributed by atoms with E-state index in [9.17, 15) is 18.4 Å². The molecule has 1 aliphatic rings. The maximum atomic E-state index is 12.9. The van der Waals surface area contributed by atoms with Gasteiger partial charge in [-0.3, -0.25) is 9.59 Å². The molecule has 0 fully saturated rings. The number of anilines is 1. The largest absolute Gasteiger partial charge is 0.586 e. The first-order chi connectivity index (χ1) is 12.4. The summed E-state index contributed by atoms with van der Waals surface area (Å²) in [5.74, 6) is -1.35. The molecule has 1 aliphatic heterocycles. The van der Waals surface area contributed by atoms with Gasteiger partial charge in [-0.2, -0.15) is 0 Å². The first kappa shape index (κ1) is 18.1. The molecule has 1 N–H and O–H groups in total. The predicted molar refractivity (Wildman–Crippen MR) is 89.5 cm³/mol. The summed E-state index contributed by atoms with van der Waals surface area (Å²) in [6.07, 6.45) is -2.09. The Kier molecular flexibility index (Phi) is 5.36. The van der Waals surface area contributed by atoms with Gasteiger partial charge in [-0.25, -0.2) is 0 Å². The van der Waals surface area contributed by atoms with Crippen molar-refractivity contribution in [2.45, 2.75) is 25.6 Å². The molecule has 0 spiro atoms. The number of halogens is 2. The van der Waals surface area contributed by atoms with E-state index < -0.39 is 24.8 Å². The summed E-state index contributed by atoms with van der Waals surface area (Å²) in [7, 11) is 0. The number of carbonyl (C=O) groups excluding carboxylic acids is 2. The third-order valence-corrected chi connectivity index (χ3v) is 4.37. The van der Waals surface area contributed by atoms with Crippen LogP contribution in [0.2, 0.25) is 0 Å². The third-order valence-electron chi connectivity index (χ3n) is 3.43. The van der Waals surface area contributed by atoms with Crippen molar-refractivity contribution in [3.63, 3.8) is 0 Å². The summed E-state index contributed by atoms with van der Waals surface area (Å²) < 4.78 is 39.3. The number of hydrogen-bond donors (Lipinski definition) is 1. The van der Waals surface area contributed by atoms with Crippen LogP contribution in [0.5, 0.6) is 11.5 Å². The molecular formula is C17H15F2NO5S. The van der Waals surface area contributed by atoms with Crippen molar-refractivity contribution >= 4 is 28.9 Å². The molecule has 1 aromatic carbocycles. The number of esters is 1. The number of hydrogen-bond acceptors (Lipinski definition) is 6. The molecule has 2 heterocycles. The minimum absolute atomic E-state index is 0.120. The summed E-state index contributed by atoms with van der Waals surface area (Å²) in [6, 6.07) is 7.77. The molecule has 138 valence electrons. The number of nitrogens with one attached hydrogen (secondary N) is 1. The van der Waals surface area contributed by atoms with Crippen molar-refractivity contribution in [3.05, 3.63) is 40.6 Å². The number of rotatable bonds is 7. The minimum Gasteiger partial charge on any atom is -0.456 e. The molecule has 1 amide bonds. The van der Waals surface area contributed by atoms with Crippen molar-refractivity contribution in [1.29, 1.82) is 0 Å². The lowest BCUT2D eigenvalue weighted by Gasteiger charge is -2.07. The van der Waals surface area contributed by atoms with Gasteiger partial charge in [0.15, 0.2) is 18.1 Å². The molecule has 0 aliphatic carbocycles. The number of thiophene rings is 1. The molecule has 3 rings (SSSR count). The smallest absolute Gasteiger partial charge is 0.456 e. The second kappa shape index (κ2) is 7.69. The molecule has 0 unspecified atom stereocenters. The summed E-state index contributed by atoms with van der Waals surface area (Å²) in [4.78, 5) is 24.6. The number of aryl methyl sites for hydroxylation is 1. The molecule has 0 bridgehead atoms. The number of benzene rings is 1. The summed E-state index contributed by atoms with van der Waals surface area (Å²) in [5.41, 5.74) is 0.226. The van der Waals surface area contributed by atoms with E-state index in [0.29, 0.717) is 6.42 Å². The van der Waals surface area contributed by atoms with E-state index in [1.54, 1.807) is 11.3 Å². The lowest BCUT2D eigenvalue weighted by atomic mass is 10.2. The Bertz CT molecular complexity index is 794. The Morgan fingerprint density at radius 1 is 1.19 bits per heavy atom. The number of carbonyl (C=O) groups is 2.